The molecule has 2 aromatic heterocycles. The van der Waals surface area contributed by atoms with E-state index < -0.39 is 14.0 Å². The van der Waals surface area contributed by atoms with Gasteiger partial charge in [0.1, 0.15) is 0 Å². The van der Waals surface area contributed by atoms with Gasteiger partial charge in [-0.15, -0.1) is 48.0 Å². The molecule has 0 saturated carbocycles. The van der Waals surface area contributed by atoms with Crippen molar-refractivity contribution in [2.24, 2.45) is 0 Å². The van der Waals surface area contributed by atoms with Crippen LogP contribution in [0.3, 0.4) is 0 Å². The Labute approximate surface area is 342 Å². The van der Waals surface area contributed by atoms with Gasteiger partial charge in [-0.2, -0.15) is 0 Å². The molecule has 1 radical (unpaired) electrons. The number of aromatic nitrogens is 3. The maximum atomic E-state index is 8.44. The van der Waals surface area contributed by atoms with Crippen LogP contribution in [-0.4, -0.2) is 22.6 Å². The van der Waals surface area contributed by atoms with Crippen molar-refractivity contribution in [2.45, 2.75) is 78.9 Å². The number of para-hydroxylation sites is 5. The van der Waals surface area contributed by atoms with Crippen LogP contribution in [0.1, 0.15) is 77.3 Å². The first-order valence-electron chi connectivity index (χ1n) is 19.3. The van der Waals surface area contributed by atoms with Gasteiger partial charge in [-0.1, -0.05) is 127 Å². The van der Waals surface area contributed by atoms with Crippen LogP contribution in [0.5, 0.6) is 23.0 Å². The maximum absolute atomic E-state index is 8.44. The molecule has 3 heterocycles. The zero-order chi connectivity index (χ0) is 39.1. The molecule has 283 valence electrons. The molecule has 0 aliphatic carbocycles. The second kappa shape index (κ2) is 16.5. The third kappa shape index (κ3) is 8.11. The molecule has 0 N–H and O–H groups in total. The smallest absolute Gasteiger partial charge is 0.166 e. The van der Waals surface area contributed by atoms with Crippen LogP contribution >= 0.6 is 0 Å². The molecule has 0 atom stereocenters. The Morgan fingerprint density at radius 3 is 1.98 bits per heavy atom. The molecular weight excluding hydrogens is 871 g/mol. The van der Waals surface area contributed by atoms with Crippen molar-refractivity contribution in [2.75, 3.05) is 0 Å². The first-order chi connectivity index (χ1) is 26.2. The van der Waals surface area contributed by atoms with Crippen LogP contribution in [-0.2, 0) is 20.1 Å². The van der Waals surface area contributed by atoms with E-state index in [4.69, 9.17) is 15.8 Å². The van der Waals surface area contributed by atoms with E-state index in [2.05, 4.69) is 111 Å². The number of pyridine rings is 1. The second-order valence-corrected chi connectivity index (χ2v) is 20.7. The Balaban J connectivity index is 0.000000217. The van der Waals surface area contributed by atoms with Crippen molar-refractivity contribution in [3.8, 4) is 51.3 Å². The molecule has 0 bridgehead atoms. The molecule has 7 heteroatoms. The average Bonchev–Trinajstić information content (AvgIpc) is 3.55. The summed E-state index contributed by atoms with van der Waals surface area (Å²) in [5, 5.41) is 1.28. The number of hydrogen-bond acceptors (Lipinski definition) is 4. The number of nitrogens with zero attached hydrogens (tertiary/aromatic N) is 3. The van der Waals surface area contributed by atoms with E-state index in [0.717, 1.165) is 39.2 Å². The third-order valence-corrected chi connectivity index (χ3v) is 11.8. The fourth-order valence-electron chi connectivity index (χ4n) is 7.02. The number of imidazole rings is 1. The van der Waals surface area contributed by atoms with Crippen LogP contribution < -0.4 is 14.7 Å². The fraction of sp³-hybridized carbons (Fsp3) is 0.250. The minimum atomic E-state index is -1.50. The average molecular weight is 921 g/mol. The van der Waals surface area contributed by atoms with Crippen molar-refractivity contribution >= 4 is 24.3 Å². The summed E-state index contributed by atoms with van der Waals surface area (Å²) in [4.78, 5) is 9.73. The first-order valence-corrected chi connectivity index (χ1v) is 22.3. The van der Waals surface area contributed by atoms with Gasteiger partial charge < -0.3 is 19.0 Å². The molecule has 55 heavy (non-hydrogen) atoms. The zero-order valence-electron chi connectivity index (χ0n) is 34.1. The topological polar surface area (TPSA) is 49.2 Å². The van der Waals surface area contributed by atoms with Crippen molar-refractivity contribution in [3.05, 3.63) is 144 Å². The molecule has 0 saturated heterocycles. The largest absolute Gasteiger partial charge is 0.494 e. The standard InChI is InChI=1S/C31H27N2O2.C17H22NSi.Ir/c1-19(2)21-11-9-12-22(20(3)4)29(21)33-25-15-6-5-14-24(25)32-31(33)23-13-10-18-28-30(23)35-27-17-8-7-16-26(27)34-28;1-13(2)15-11-16(14-9-7-6-8-10-14)18-12-17(15)19(3,4)5;/h5-12,14-20H,1-4H3;6-9,11-13H,1-5H3;/q2*-1;/i;13D;. The molecule has 7 aromatic rings. The van der Waals surface area contributed by atoms with E-state index >= 15 is 0 Å². The van der Waals surface area contributed by atoms with Gasteiger partial charge in [0.2, 0.25) is 0 Å². The summed E-state index contributed by atoms with van der Waals surface area (Å²) in [6.07, 6.45) is 1.98. The maximum Gasteiger partial charge on any atom is 0.166 e. The Bertz CT molecular complexity index is 2460. The van der Waals surface area contributed by atoms with Gasteiger partial charge in [0.25, 0.3) is 0 Å². The van der Waals surface area contributed by atoms with Gasteiger partial charge in [0, 0.05) is 33.4 Å². The van der Waals surface area contributed by atoms with Crippen molar-refractivity contribution in [1.29, 1.82) is 0 Å². The number of hydrogen-bond donors (Lipinski definition) is 0. The van der Waals surface area contributed by atoms with E-state index in [0.29, 0.717) is 34.8 Å². The van der Waals surface area contributed by atoms with Gasteiger partial charge in [-0.3, -0.25) is 4.98 Å². The Morgan fingerprint density at radius 1 is 0.691 bits per heavy atom. The summed E-state index contributed by atoms with van der Waals surface area (Å²) in [7, 11) is -1.50. The van der Waals surface area contributed by atoms with E-state index in [9.17, 15) is 0 Å². The summed E-state index contributed by atoms with van der Waals surface area (Å²) in [6.45, 7) is 19.8. The summed E-state index contributed by atoms with van der Waals surface area (Å²) < 4.78 is 23.3. The molecule has 0 unspecified atom stereocenters. The van der Waals surface area contributed by atoms with Crippen molar-refractivity contribution in [3.63, 3.8) is 0 Å². The molecule has 5 nitrogen and oxygen atoms in total. The van der Waals surface area contributed by atoms with Crippen LogP contribution in [0.4, 0.5) is 0 Å². The minimum absolute atomic E-state index is 0. The minimum Gasteiger partial charge on any atom is -0.494 e. The van der Waals surface area contributed by atoms with Crippen LogP contribution in [0.25, 0.3) is 39.4 Å². The quantitative estimate of drug-likeness (QED) is 0.118. The molecule has 0 spiro atoms. The van der Waals surface area contributed by atoms with Gasteiger partial charge in [-0.25, -0.2) is 0 Å². The van der Waals surface area contributed by atoms with Gasteiger partial charge in [0.15, 0.2) is 11.5 Å². The van der Waals surface area contributed by atoms with E-state index in [1.54, 1.807) is 0 Å². The van der Waals surface area contributed by atoms with E-state index in [-0.39, 0.29) is 20.1 Å². The number of ether oxygens (including phenoxy) is 2. The van der Waals surface area contributed by atoms with Crippen molar-refractivity contribution < 1.29 is 30.9 Å². The van der Waals surface area contributed by atoms with Gasteiger partial charge in [0.05, 0.1) is 36.4 Å². The monoisotopic (exact) mass is 921 g/mol. The summed E-state index contributed by atoms with van der Waals surface area (Å²) in [5.41, 5.74) is 9.51. The fourth-order valence-corrected chi connectivity index (χ4v) is 8.60. The first kappa shape index (κ1) is 38.5. The molecule has 1 aliphatic rings. The molecule has 0 fully saturated rings. The van der Waals surface area contributed by atoms with Crippen LogP contribution in [0, 0.1) is 12.1 Å². The zero-order valence-corrected chi connectivity index (χ0v) is 36.5. The molecule has 0 amide bonds. The molecular formula is C48H49IrN3O2Si-2. The van der Waals surface area contributed by atoms with Gasteiger partial charge in [-0.05, 0) is 64.0 Å². The summed E-state index contributed by atoms with van der Waals surface area (Å²) >= 11 is 0. The number of benzene rings is 5. The van der Waals surface area contributed by atoms with E-state index in [1.807, 2.05) is 86.8 Å². The van der Waals surface area contributed by atoms with Crippen LogP contribution in [0.15, 0.2) is 115 Å². The molecule has 1 aliphatic heterocycles. The van der Waals surface area contributed by atoms with Crippen molar-refractivity contribution in [1.82, 2.24) is 14.5 Å². The predicted octanol–water partition coefficient (Wildman–Crippen LogP) is 12.9. The number of fused-ring (bicyclic) bond motifs is 3. The predicted molar refractivity (Wildman–Crippen MR) is 226 cm³/mol. The molecule has 8 rings (SSSR count). The second-order valence-electron chi connectivity index (χ2n) is 15.7. The summed E-state index contributed by atoms with van der Waals surface area (Å²) in [6, 6.07) is 43.0. The van der Waals surface area contributed by atoms with Crippen LogP contribution in [0.2, 0.25) is 19.6 Å². The number of rotatable bonds is 7. The summed E-state index contributed by atoms with van der Waals surface area (Å²) in [5.74, 6) is 3.57. The Morgan fingerprint density at radius 2 is 1.35 bits per heavy atom. The normalized spacial score (nSPS) is 12.5. The van der Waals surface area contributed by atoms with E-state index in [1.165, 1.54) is 22.0 Å². The Hall–Kier alpha value is -4.81. The Kier molecular flexibility index (Phi) is 11.5. The van der Waals surface area contributed by atoms with Gasteiger partial charge >= 0.3 is 0 Å². The third-order valence-electron chi connectivity index (χ3n) is 9.78. The molecule has 5 aromatic carbocycles. The SMILES string of the molecule is CC(C)c1cccc(C(C)C)c1-n1c(-c2[c-]ccc3c2Oc2ccccc2O3)nc2ccccc21.[2H]C(C)(C)c1cc(-c2[c-]cccc2)ncc1[Si](C)(C)C.[Ir].